The molecule has 4 heteroatoms. The minimum absolute atomic E-state index is 0.0550. The number of aliphatic imine (C=N–C) groups is 1. The molecule has 0 aromatic heterocycles. The van der Waals surface area contributed by atoms with Crippen LogP contribution in [0.3, 0.4) is 0 Å². The molecule has 23 heavy (non-hydrogen) atoms. The highest BCUT2D eigenvalue weighted by molar-refractivity contribution is 5.77. The normalized spacial score (nSPS) is 16.1. The van der Waals surface area contributed by atoms with Gasteiger partial charge in [-0.1, -0.05) is 42.5 Å². The Hall–Kier alpha value is -2.36. The maximum atomic E-state index is 13.0. The third-order valence-corrected chi connectivity index (χ3v) is 4.42. The maximum Gasteiger partial charge on any atom is 0.188 e. The molecule has 3 nitrogen and oxygen atoms in total. The molecule has 3 rings (SSSR count). The Morgan fingerprint density at radius 3 is 2.43 bits per heavy atom. The van der Waals surface area contributed by atoms with Crippen molar-refractivity contribution in [3.8, 4) is 0 Å². The molecule has 0 atom stereocenters. The van der Waals surface area contributed by atoms with Gasteiger partial charge in [0, 0.05) is 12.0 Å². The van der Waals surface area contributed by atoms with Crippen molar-refractivity contribution in [1.82, 2.24) is 5.32 Å². The first-order chi connectivity index (χ1) is 11.2. The van der Waals surface area contributed by atoms with Crippen LogP contribution in [0.5, 0.6) is 0 Å². The van der Waals surface area contributed by atoms with E-state index in [1.54, 1.807) is 0 Å². The van der Waals surface area contributed by atoms with E-state index in [0.29, 0.717) is 12.5 Å². The van der Waals surface area contributed by atoms with Gasteiger partial charge in [-0.25, -0.2) is 4.39 Å². The summed E-state index contributed by atoms with van der Waals surface area (Å²) < 4.78 is 13.0. The summed E-state index contributed by atoms with van der Waals surface area (Å²) in [6.45, 7) is 1.42. The van der Waals surface area contributed by atoms with E-state index in [2.05, 4.69) is 22.4 Å². The van der Waals surface area contributed by atoms with Crippen molar-refractivity contribution in [3.05, 3.63) is 71.5 Å². The Morgan fingerprint density at radius 2 is 1.78 bits per heavy atom. The fourth-order valence-electron chi connectivity index (χ4n) is 2.76. The van der Waals surface area contributed by atoms with Crippen molar-refractivity contribution in [2.45, 2.75) is 24.7 Å². The van der Waals surface area contributed by atoms with Crippen LogP contribution >= 0.6 is 0 Å². The predicted octanol–water partition coefficient (Wildman–Crippen LogP) is 3.00. The highest BCUT2D eigenvalue weighted by atomic mass is 19.1. The number of benzene rings is 2. The first-order valence-corrected chi connectivity index (χ1v) is 8.02. The SMILES string of the molecule is NC(=NCC1(c2ccc(F)cc2)CC1)NCCc1ccccc1. The molecule has 1 aliphatic rings. The topological polar surface area (TPSA) is 50.4 Å². The average molecular weight is 311 g/mol. The zero-order valence-electron chi connectivity index (χ0n) is 13.1. The van der Waals surface area contributed by atoms with E-state index in [9.17, 15) is 4.39 Å². The average Bonchev–Trinajstić information content (AvgIpc) is 3.36. The molecule has 0 saturated heterocycles. The van der Waals surface area contributed by atoms with Crippen molar-refractivity contribution in [2.24, 2.45) is 10.7 Å². The van der Waals surface area contributed by atoms with Crippen molar-refractivity contribution >= 4 is 5.96 Å². The van der Waals surface area contributed by atoms with Crippen LogP contribution in [-0.2, 0) is 11.8 Å². The molecule has 0 bridgehead atoms. The predicted molar refractivity (Wildman–Crippen MR) is 92.0 cm³/mol. The maximum absolute atomic E-state index is 13.0. The Kier molecular flexibility index (Phi) is 4.60. The molecule has 3 N–H and O–H groups in total. The van der Waals surface area contributed by atoms with E-state index < -0.39 is 0 Å². The van der Waals surface area contributed by atoms with E-state index in [0.717, 1.165) is 31.4 Å². The Balaban J connectivity index is 1.50. The van der Waals surface area contributed by atoms with Crippen LogP contribution in [0.15, 0.2) is 59.6 Å². The number of rotatable bonds is 6. The van der Waals surface area contributed by atoms with Crippen molar-refractivity contribution < 1.29 is 4.39 Å². The molecular weight excluding hydrogens is 289 g/mol. The quantitative estimate of drug-likeness (QED) is 0.636. The summed E-state index contributed by atoms with van der Waals surface area (Å²) in [5, 5.41) is 3.16. The summed E-state index contributed by atoms with van der Waals surface area (Å²) in [4.78, 5) is 4.48. The van der Waals surface area contributed by atoms with Gasteiger partial charge in [0.05, 0.1) is 6.54 Å². The number of guanidine groups is 1. The smallest absolute Gasteiger partial charge is 0.188 e. The van der Waals surface area contributed by atoms with Crippen LogP contribution in [-0.4, -0.2) is 19.0 Å². The number of hydrogen-bond acceptors (Lipinski definition) is 1. The molecule has 0 heterocycles. The second-order valence-electron chi connectivity index (χ2n) is 6.15. The van der Waals surface area contributed by atoms with Gasteiger partial charge in [0.2, 0.25) is 0 Å². The molecule has 0 aliphatic heterocycles. The number of nitrogens with zero attached hydrogens (tertiary/aromatic N) is 1. The Labute approximate surface area is 136 Å². The first kappa shape index (κ1) is 15.5. The van der Waals surface area contributed by atoms with Crippen molar-refractivity contribution in [1.29, 1.82) is 0 Å². The number of hydrogen-bond donors (Lipinski definition) is 2. The molecule has 1 fully saturated rings. The van der Waals surface area contributed by atoms with Crippen LogP contribution in [0.4, 0.5) is 4.39 Å². The van der Waals surface area contributed by atoms with Crippen LogP contribution in [0.1, 0.15) is 24.0 Å². The molecule has 1 aliphatic carbocycles. The van der Waals surface area contributed by atoms with E-state index in [-0.39, 0.29) is 11.2 Å². The first-order valence-electron chi connectivity index (χ1n) is 8.02. The fraction of sp³-hybridized carbons (Fsp3) is 0.316. The van der Waals surface area contributed by atoms with Crippen LogP contribution in [0.2, 0.25) is 0 Å². The lowest BCUT2D eigenvalue weighted by Gasteiger charge is -2.14. The monoisotopic (exact) mass is 311 g/mol. The van der Waals surface area contributed by atoms with Crippen molar-refractivity contribution in [2.75, 3.05) is 13.1 Å². The van der Waals surface area contributed by atoms with Crippen LogP contribution in [0, 0.1) is 5.82 Å². The van der Waals surface area contributed by atoms with Gasteiger partial charge in [0.15, 0.2) is 5.96 Å². The van der Waals surface area contributed by atoms with E-state index >= 15 is 0 Å². The van der Waals surface area contributed by atoms with Crippen molar-refractivity contribution in [3.63, 3.8) is 0 Å². The third-order valence-electron chi connectivity index (χ3n) is 4.42. The molecule has 0 spiro atoms. The minimum atomic E-state index is -0.199. The summed E-state index contributed by atoms with van der Waals surface area (Å²) in [7, 11) is 0. The molecule has 120 valence electrons. The van der Waals surface area contributed by atoms with Crippen LogP contribution < -0.4 is 11.1 Å². The fourth-order valence-corrected chi connectivity index (χ4v) is 2.76. The van der Waals surface area contributed by atoms with Gasteiger partial charge < -0.3 is 11.1 Å². The molecule has 1 saturated carbocycles. The summed E-state index contributed by atoms with van der Waals surface area (Å²) in [5.74, 6) is 0.282. The molecular formula is C19H22FN3. The highest BCUT2D eigenvalue weighted by Crippen LogP contribution is 2.48. The second-order valence-corrected chi connectivity index (χ2v) is 6.15. The summed E-state index contributed by atoms with van der Waals surface area (Å²) in [6, 6.07) is 17.0. The standard InChI is InChI=1S/C19H22FN3/c20-17-8-6-16(7-9-17)19(11-12-19)14-23-18(21)22-13-10-15-4-2-1-3-5-15/h1-9H,10-14H2,(H3,21,22,23). The van der Waals surface area contributed by atoms with Gasteiger partial charge >= 0.3 is 0 Å². The zero-order valence-corrected chi connectivity index (χ0v) is 13.1. The number of nitrogens with one attached hydrogen (secondary N) is 1. The highest BCUT2D eigenvalue weighted by Gasteiger charge is 2.44. The largest absolute Gasteiger partial charge is 0.370 e. The molecule has 0 amide bonds. The van der Waals surface area contributed by atoms with Gasteiger partial charge in [-0.3, -0.25) is 4.99 Å². The van der Waals surface area contributed by atoms with Gasteiger partial charge in [0.1, 0.15) is 5.82 Å². The lowest BCUT2D eigenvalue weighted by atomic mass is 9.96. The molecule has 2 aromatic rings. The van der Waals surface area contributed by atoms with Gasteiger partial charge in [-0.15, -0.1) is 0 Å². The van der Waals surface area contributed by atoms with Gasteiger partial charge in [0.25, 0.3) is 0 Å². The van der Waals surface area contributed by atoms with E-state index in [1.807, 2.05) is 30.3 Å². The zero-order chi connectivity index (χ0) is 16.1. The van der Waals surface area contributed by atoms with Gasteiger partial charge in [-0.05, 0) is 42.5 Å². The second kappa shape index (κ2) is 6.82. The van der Waals surface area contributed by atoms with Gasteiger partial charge in [-0.2, -0.15) is 0 Å². The lowest BCUT2D eigenvalue weighted by Crippen LogP contribution is -2.34. The van der Waals surface area contributed by atoms with E-state index in [4.69, 9.17) is 5.73 Å². The third kappa shape index (κ3) is 4.09. The molecule has 2 aromatic carbocycles. The van der Waals surface area contributed by atoms with E-state index in [1.165, 1.54) is 17.7 Å². The lowest BCUT2D eigenvalue weighted by molar-refractivity contribution is 0.623. The summed E-state index contributed by atoms with van der Waals surface area (Å²) in [6.07, 6.45) is 3.08. The number of halogens is 1. The Bertz CT molecular complexity index is 661. The Morgan fingerprint density at radius 1 is 1.09 bits per heavy atom. The molecule has 0 radical (unpaired) electrons. The summed E-state index contributed by atoms with van der Waals surface area (Å²) >= 11 is 0. The number of nitrogens with two attached hydrogens (primary N) is 1. The summed E-state index contributed by atoms with van der Waals surface area (Å²) in [5.41, 5.74) is 8.44. The minimum Gasteiger partial charge on any atom is -0.370 e. The van der Waals surface area contributed by atoms with Crippen LogP contribution in [0.25, 0.3) is 0 Å². The molecule has 0 unspecified atom stereocenters.